The molecular formula is C17H16F3N5O. The number of halogens is 3. The number of aromatic amines is 1. The first-order valence-electron chi connectivity index (χ1n) is 8.35. The second kappa shape index (κ2) is 6.22. The number of hydrogen-bond donors (Lipinski definition) is 1. The third-order valence-electron chi connectivity index (χ3n) is 4.77. The van der Waals surface area contributed by atoms with Crippen LogP contribution in [-0.2, 0) is 4.79 Å². The number of pyridine rings is 1. The molecule has 1 aliphatic heterocycles. The first kappa shape index (κ1) is 16.7. The van der Waals surface area contributed by atoms with Crippen LogP contribution in [0.1, 0.15) is 30.7 Å². The van der Waals surface area contributed by atoms with E-state index in [4.69, 9.17) is 0 Å². The second-order valence-electron chi connectivity index (χ2n) is 6.51. The molecule has 1 aliphatic rings. The molecule has 0 spiro atoms. The number of carbonyl (C=O) groups is 1. The summed E-state index contributed by atoms with van der Waals surface area (Å²) in [5.41, 5.74) is 2.07. The number of hydrogen-bond acceptors (Lipinski definition) is 4. The van der Waals surface area contributed by atoms with Gasteiger partial charge in [0.2, 0.25) is 5.91 Å². The first-order chi connectivity index (χ1) is 12.4. The van der Waals surface area contributed by atoms with Crippen molar-refractivity contribution in [2.75, 3.05) is 13.1 Å². The van der Waals surface area contributed by atoms with E-state index in [1.165, 1.54) is 4.90 Å². The lowest BCUT2D eigenvalue weighted by Crippen LogP contribution is -2.40. The number of aromatic nitrogens is 4. The van der Waals surface area contributed by atoms with E-state index in [2.05, 4.69) is 20.2 Å². The van der Waals surface area contributed by atoms with Crippen molar-refractivity contribution in [3.8, 4) is 0 Å². The summed E-state index contributed by atoms with van der Waals surface area (Å²) in [6.45, 7) is 0.621. The van der Waals surface area contributed by atoms with Crippen LogP contribution >= 0.6 is 0 Å². The van der Waals surface area contributed by atoms with Crippen LogP contribution in [0.15, 0.2) is 24.5 Å². The summed E-state index contributed by atoms with van der Waals surface area (Å²) in [6.07, 6.45) is -1.06. The molecular weight excluding hydrogens is 347 g/mol. The molecule has 0 aliphatic carbocycles. The van der Waals surface area contributed by atoms with Crippen LogP contribution in [0, 0.1) is 0 Å². The van der Waals surface area contributed by atoms with Crippen LogP contribution in [0.4, 0.5) is 13.2 Å². The van der Waals surface area contributed by atoms with E-state index in [9.17, 15) is 18.0 Å². The monoisotopic (exact) mass is 363 g/mol. The summed E-state index contributed by atoms with van der Waals surface area (Å²) >= 11 is 0. The summed E-state index contributed by atoms with van der Waals surface area (Å²) in [4.78, 5) is 20.6. The molecule has 0 bridgehead atoms. The van der Waals surface area contributed by atoms with Gasteiger partial charge in [0.05, 0.1) is 0 Å². The Balaban J connectivity index is 1.69. The fourth-order valence-electron chi connectivity index (χ4n) is 3.64. The highest BCUT2D eigenvalue weighted by molar-refractivity contribution is 6.03. The third kappa shape index (κ3) is 3.09. The Morgan fingerprint density at radius 3 is 2.96 bits per heavy atom. The van der Waals surface area contributed by atoms with Crippen LogP contribution in [0.25, 0.3) is 22.1 Å². The van der Waals surface area contributed by atoms with Crippen molar-refractivity contribution < 1.29 is 18.0 Å². The van der Waals surface area contributed by atoms with Crippen molar-refractivity contribution in [2.24, 2.45) is 0 Å². The average molecular weight is 363 g/mol. The van der Waals surface area contributed by atoms with Gasteiger partial charge < -0.3 is 9.88 Å². The standard InChI is InChI=1S/C17H16F3N5O/c18-17(19,20)8-13(26)25-7-1-2-10(9-25)11-3-5-22-16-14(11)12-4-6-21-15(12)23-24-16/h3-6,10H,1-2,7-9H2,(H,21,23). The maximum absolute atomic E-state index is 12.6. The fourth-order valence-corrected chi connectivity index (χ4v) is 3.64. The lowest BCUT2D eigenvalue weighted by atomic mass is 9.88. The van der Waals surface area contributed by atoms with Gasteiger partial charge in [-0.25, -0.2) is 4.98 Å². The highest BCUT2D eigenvalue weighted by Gasteiger charge is 2.35. The molecule has 4 heterocycles. The van der Waals surface area contributed by atoms with Crippen molar-refractivity contribution in [1.29, 1.82) is 0 Å². The highest BCUT2D eigenvalue weighted by Crippen LogP contribution is 2.34. The molecule has 4 rings (SSSR count). The molecule has 3 aromatic rings. The fraction of sp³-hybridized carbons (Fsp3) is 0.412. The number of nitrogens with zero attached hydrogens (tertiary/aromatic N) is 4. The zero-order valence-corrected chi connectivity index (χ0v) is 13.8. The molecule has 1 saturated heterocycles. The minimum absolute atomic E-state index is 0.0614. The Bertz CT molecular complexity index is 968. The van der Waals surface area contributed by atoms with Crippen LogP contribution < -0.4 is 0 Å². The number of amides is 1. The minimum Gasteiger partial charge on any atom is -0.345 e. The smallest absolute Gasteiger partial charge is 0.345 e. The maximum atomic E-state index is 12.6. The lowest BCUT2D eigenvalue weighted by Gasteiger charge is -2.33. The van der Waals surface area contributed by atoms with E-state index in [1.54, 1.807) is 12.4 Å². The van der Waals surface area contributed by atoms with Crippen molar-refractivity contribution >= 4 is 28.0 Å². The van der Waals surface area contributed by atoms with Crippen LogP contribution in [0.5, 0.6) is 0 Å². The van der Waals surface area contributed by atoms with Gasteiger partial charge >= 0.3 is 6.18 Å². The topological polar surface area (TPSA) is 74.8 Å². The number of rotatable bonds is 2. The number of fused-ring (bicyclic) bond motifs is 3. The predicted molar refractivity (Wildman–Crippen MR) is 88.4 cm³/mol. The van der Waals surface area contributed by atoms with Gasteiger partial charge in [0, 0.05) is 42.2 Å². The van der Waals surface area contributed by atoms with Crippen molar-refractivity contribution in [3.05, 3.63) is 30.1 Å². The normalized spacial score (nSPS) is 18.6. The quantitative estimate of drug-likeness (QED) is 0.759. The maximum Gasteiger partial charge on any atom is 0.397 e. The molecule has 136 valence electrons. The number of carbonyl (C=O) groups excluding carboxylic acids is 1. The summed E-state index contributed by atoms with van der Waals surface area (Å²) in [5, 5.41) is 9.91. The summed E-state index contributed by atoms with van der Waals surface area (Å²) in [5.74, 6) is -0.930. The molecule has 1 unspecified atom stereocenters. The van der Waals surface area contributed by atoms with Gasteiger partial charge in [0.25, 0.3) is 0 Å². The van der Waals surface area contributed by atoms with Gasteiger partial charge in [-0.15, -0.1) is 10.2 Å². The molecule has 3 aromatic heterocycles. The summed E-state index contributed by atoms with van der Waals surface area (Å²) < 4.78 is 37.7. The number of piperidine rings is 1. The molecule has 9 heteroatoms. The van der Waals surface area contributed by atoms with E-state index in [-0.39, 0.29) is 12.5 Å². The van der Waals surface area contributed by atoms with Gasteiger partial charge in [-0.05, 0) is 30.5 Å². The molecule has 0 aromatic carbocycles. The largest absolute Gasteiger partial charge is 0.397 e. The number of likely N-dealkylation sites (tertiary alicyclic amines) is 1. The first-order valence-corrected chi connectivity index (χ1v) is 8.35. The van der Waals surface area contributed by atoms with Gasteiger partial charge in [0.1, 0.15) is 6.42 Å². The molecule has 1 N–H and O–H groups in total. The van der Waals surface area contributed by atoms with Gasteiger partial charge in [0.15, 0.2) is 11.3 Å². The zero-order chi connectivity index (χ0) is 18.3. The molecule has 1 amide bonds. The summed E-state index contributed by atoms with van der Waals surface area (Å²) in [6, 6.07) is 3.74. The average Bonchev–Trinajstić information content (AvgIpc) is 3.09. The minimum atomic E-state index is -4.49. The van der Waals surface area contributed by atoms with Gasteiger partial charge in [-0.1, -0.05) is 0 Å². The van der Waals surface area contributed by atoms with E-state index >= 15 is 0 Å². The Morgan fingerprint density at radius 1 is 1.31 bits per heavy atom. The Hall–Kier alpha value is -2.71. The van der Waals surface area contributed by atoms with E-state index < -0.39 is 18.5 Å². The molecule has 26 heavy (non-hydrogen) atoms. The van der Waals surface area contributed by atoms with E-state index in [0.717, 1.165) is 22.8 Å². The van der Waals surface area contributed by atoms with Crippen LogP contribution in [0.3, 0.4) is 0 Å². The Labute approximate surface area is 146 Å². The zero-order valence-electron chi connectivity index (χ0n) is 13.8. The molecule has 6 nitrogen and oxygen atoms in total. The van der Waals surface area contributed by atoms with E-state index in [0.29, 0.717) is 24.3 Å². The molecule has 1 atom stereocenters. The third-order valence-corrected chi connectivity index (χ3v) is 4.77. The number of alkyl halides is 3. The van der Waals surface area contributed by atoms with E-state index in [1.807, 2.05) is 12.1 Å². The van der Waals surface area contributed by atoms with Crippen LogP contribution in [-0.4, -0.2) is 50.2 Å². The predicted octanol–water partition coefficient (Wildman–Crippen LogP) is 3.16. The van der Waals surface area contributed by atoms with Crippen molar-refractivity contribution in [3.63, 3.8) is 0 Å². The number of nitrogens with one attached hydrogen (secondary N) is 1. The number of H-pyrrole nitrogens is 1. The van der Waals surface area contributed by atoms with Crippen molar-refractivity contribution in [2.45, 2.75) is 31.4 Å². The summed E-state index contributed by atoms with van der Waals surface area (Å²) in [7, 11) is 0. The highest BCUT2D eigenvalue weighted by atomic mass is 19.4. The van der Waals surface area contributed by atoms with Crippen LogP contribution in [0.2, 0.25) is 0 Å². The lowest BCUT2D eigenvalue weighted by molar-refractivity contribution is -0.162. The Kier molecular flexibility index (Phi) is 4.01. The SMILES string of the molecule is O=C(CC(F)(F)F)N1CCCC(c2ccnc3nnc4[nH]ccc4c23)C1. The van der Waals surface area contributed by atoms with Gasteiger partial charge in [-0.3, -0.25) is 4.79 Å². The van der Waals surface area contributed by atoms with Gasteiger partial charge in [-0.2, -0.15) is 13.2 Å². The molecule has 0 radical (unpaired) electrons. The molecule has 0 saturated carbocycles. The molecule has 1 fully saturated rings. The van der Waals surface area contributed by atoms with Crippen molar-refractivity contribution in [1.82, 2.24) is 25.1 Å². The second-order valence-corrected chi connectivity index (χ2v) is 6.51. The Morgan fingerprint density at radius 2 is 2.15 bits per heavy atom.